The summed E-state index contributed by atoms with van der Waals surface area (Å²) in [7, 11) is -3.75. The summed E-state index contributed by atoms with van der Waals surface area (Å²) in [6.45, 7) is 5.33. The summed E-state index contributed by atoms with van der Waals surface area (Å²) in [5.41, 5.74) is 0.719. The molecule has 10 heteroatoms. The molecule has 0 bridgehead atoms. The minimum atomic E-state index is -3.75. The highest BCUT2D eigenvalue weighted by Gasteiger charge is 2.11. The minimum absolute atomic E-state index is 0. The van der Waals surface area contributed by atoms with E-state index in [1.54, 1.807) is 24.3 Å². The fourth-order valence-electron chi connectivity index (χ4n) is 2.55. The summed E-state index contributed by atoms with van der Waals surface area (Å²) in [4.78, 5) is 4.53. The Balaban J connectivity index is 0.00000450. The number of hydrogen-bond acceptors (Lipinski definition) is 4. The van der Waals surface area contributed by atoms with Crippen LogP contribution in [0.1, 0.15) is 25.8 Å². The number of aliphatic imine (C=N–C) groups is 1. The molecular formula is C20H28FIN4O3S. The summed E-state index contributed by atoms with van der Waals surface area (Å²) in [6.07, 6.45) is 0.547. The van der Waals surface area contributed by atoms with Gasteiger partial charge in [-0.15, -0.1) is 24.0 Å². The third-order valence-corrected chi connectivity index (χ3v) is 4.95. The number of halogens is 2. The average Bonchev–Trinajstić information content (AvgIpc) is 2.68. The smallest absolute Gasteiger partial charge is 0.238 e. The zero-order chi connectivity index (χ0) is 21.3. The third-order valence-electron chi connectivity index (χ3n) is 4.04. The lowest BCUT2D eigenvalue weighted by atomic mass is 10.2. The van der Waals surface area contributed by atoms with Gasteiger partial charge < -0.3 is 15.4 Å². The highest BCUT2D eigenvalue weighted by molar-refractivity contribution is 14.0. The number of nitrogens with one attached hydrogen (secondary N) is 2. The molecule has 0 fully saturated rings. The standard InChI is InChI=1S/C20H27FN4O3S.HI/c1-3-17(28-18-9-6-8-16(21)12-18)14-25-20(23-4-2)24-13-15-7-5-10-19(11-15)29(22,26)27;/h5-12,17H,3-4,13-14H2,1-2H3,(H2,22,26,27)(H2,23,24,25);1H. The van der Waals surface area contributed by atoms with Crippen molar-refractivity contribution in [2.75, 3.05) is 13.1 Å². The highest BCUT2D eigenvalue weighted by Crippen LogP contribution is 2.15. The largest absolute Gasteiger partial charge is 0.489 e. The lowest BCUT2D eigenvalue weighted by Crippen LogP contribution is -2.42. The van der Waals surface area contributed by atoms with Crippen LogP contribution in [0.5, 0.6) is 5.75 Å². The Morgan fingerprint density at radius 2 is 1.90 bits per heavy atom. The van der Waals surface area contributed by atoms with E-state index in [-0.39, 0.29) is 47.3 Å². The molecule has 2 rings (SSSR count). The van der Waals surface area contributed by atoms with Gasteiger partial charge in [-0.1, -0.05) is 25.1 Å². The van der Waals surface area contributed by atoms with Crippen molar-refractivity contribution >= 4 is 40.0 Å². The number of hydrogen-bond donors (Lipinski definition) is 3. The van der Waals surface area contributed by atoms with Gasteiger partial charge in [0, 0.05) is 12.6 Å². The van der Waals surface area contributed by atoms with Crippen molar-refractivity contribution < 1.29 is 17.5 Å². The molecule has 30 heavy (non-hydrogen) atoms. The zero-order valence-electron chi connectivity index (χ0n) is 17.0. The topological polar surface area (TPSA) is 106 Å². The first-order chi connectivity index (χ1) is 13.8. The molecule has 2 aromatic rings. The lowest BCUT2D eigenvalue weighted by Gasteiger charge is -2.20. The molecule has 7 nitrogen and oxygen atoms in total. The van der Waals surface area contributed by atoms with Gasteiger partial charge in [0.15, 0.2) is 5.96 Å². The van der Waals surface area contributed by atoms with E-state index < -0.39 is 10.0 Å². The van der Waals surface area contributed by atoms with Gasteiger partial charge in [-0.3, -0.25) is 0 Å². The maximum atomic E-state index is 13.3. The van der Waals surface area contributed by atoms with E-state index in [0.29, 0.717) is 24.8 Å². The van der Waals surface area contributed by atoms with E-state index in [2.05, 4.69) is 15.6 Å². The number of primary sulfonamides is 1. The Morgan fingerprint density at radius 1 is 1.17 bits per heavy atom. The average molecular weight is 550 g/mol. The molecule has 166 valence electrons. The molecule has 0 radical (unpaired) electrons. The maximum Gasteiger partial charge on any atom is 0.238 e. The van der Waals surface area contributed by atoms with E-state index >= 15 is 0 Å². The lowest BCUT2D eigenvalue weighted by molar-refractivity contribution is 0.198. The second-order valence-corrected chi connectivity index (χ2v) is 7.94. The number of rotatable bonds is 9. The molecule has 1 unspecified atom stereocenters. The van der Waals surface area contributed by atoms with Crippen LogP contribution in [0, 0.1) is 5.82 Å². The Labute approximate surface area is 194 Å². The van der Waals surface area contributed by atoms with E-state index in [0.717, 1.165) is 12.0 Å². The maximum absolute atomic E-state index is 13.3. The van der Waals surface area contributed by atoms with Crippen LogP contribution in [0.15, 0.2) is 58.4 Å². The molecule has 0 spiro atoms. The van der Waals surface area contributed by atoms with Crippen LogP contribution in [-0.4, -0.2) is 33.6 Å². The predicted molar refractivity (Wildman–Crippen MR) is 127 cm³/mol. The summed E-state index contributed by atoms with van der Waals surface area (Å²) in [5, 5.41) is 11.5. The van der Waals surface area contributed by atoms with Gasteiger partial charge in [-0.25, -0.2) is 22.9 Å². The predicted octanol–water partition coefficient (Wildman–Crippen LogP) is 3.00. The van der Waals surface area contributed by atoms with Gasteiger partial charge in [-0.2, -0.15) is 0 Å². The van der Waals surface area contributed by atoms with Gasteiger partial charge in [0.05, 0.1) is 18.0 Å². The Hall–Kier alpha value is -1.92. The van der Waals surface area contributed by atoms with E-state index in [4.69, 9.17) is 9.88 Å². The van der Waals surface area contributed by atoms with Gasteiger partial charge >= 0.3 is 0 Å². The SMILES string of the molecule is CCNC(=NCc1cccc(S(N)(=O)=O)c1)NCC(CC)Oc1cccc(F)c1.I. The summed E-state index contributed by atoms with van der Waals surface area (Å²) < 4.78 is 42.1. The summed E-state index contributed by atoms with van der Waals surface area (Å²) >= 11 is 0. The van der Waals surface area contributed by atoms with Crippen molar-refractivity contribution in [2.45, 2.75) is 37.8 Å². The second-order valence-electron chi connectivity index (χ2n) is 6.37. The summed E-state index contributed by atoms with van der Waals surface area (Å²) in [6, 6.07) is 12.4. The molecule has 2 aromatic carbocycles. The van der Waals surface area contributed by atoms with Crippen LogP contribution in [0.2, 0.25) is 0 Å². The van der Waals surface area contributed by atoms with Crippen molar-refractivity contribution in [3.8, 4) is 5.75 Å². The van der Waals surface area contributed by atoms with Crippen molar-refractivity contribution in [1.82, 2.24) is 10.6 Å². The van der Waals surface area contributed by atoms with Crippen molar-refractivity contribution in [2.24, 2.45) is 10.1 Å². The first kappa shape index (κ1) is 26.1. The van der Waals surface area contributed by atoms with Gasteiger partial charge in [0.25, 0.3) is 0 Å². The number of sulfonamides is 1. The highest BCUT2D eigenvalue weighted by atomic mass is 127. The first-order valence-corrected chi connectivity index (χ1v) is 10.9. The van der Waals surface area contributed by atoms with E-state index in [9.17, 15) is 12.8 Å². The zero-order valence-corrected chi connectivity index (χ0v) is 20.1. The quantitative estimate of drug-likeness (QED) is 0.253. The van der Waals surface area contributed by atoms with Crippen LogP contribution < -0.4 is 20.5 Å². The van der Waals surface area contributed by atoms with E-state index in [1.807, 2.05) is 13.8 Å². The Kier molecular flexibility index (Phi) is 11.1. The number of nitrogens with zero attached hydrogens (tertiary/aromatic N) is 1. The summed E-state index contributed by atoms with van der Waals surface area (Å²) in [5.74, 6) is 0.692. The van der Waals surface area contributed by atoms with Crippen LogP contribution in [0.4, 0.5) is 4.39 Å². The van der Waals surface area contributed by atoms with E-state index in [1.165, 1.54) is 24.3 Å². The van der Waals surface area contributed by atoms with Crippen molar-refractivity contribution in [3.05, 3.63) is 59.9 Å². The molecule has 0 saturated carbocycles. The molecule has 0 aliphatic rings. The molecular weight excluding hydrogens is 522 g/mol. The Bertz CT molecular complexity index is 941. The third kappa shape index (κ3) is 8.84. The van der Waals surface area contributed by atoms with Crippen LogP contribution in [0.3, 0.4) is 0 Å². The van der Waals surface area contributed by atoms with Gasteiger partial charge in [0.2, 0.25) is 10.0 Å². The molecule has 0 saturated heterocycles. The first-order valence-electron chi connectivity index (χ1n) is 9.38. The van der Waals surface area contributed by atoms with Crippen LogP contribution in [-0.2, 0) is 16.6 Å². The molecule has 0 aliphatic heterocycles. The normalized spacial score (nSPS) is 12.6. The van der Waals surface area contributed by atoms with Gasteiger partial charge in [-0.05, 0) is 43.2 Å². The van der Waals surface area contributed by atoms with Crippen molar-refractivity contribution in [1.29, 1.82) is 0 Å². The van der Waals surface area contributed by atoms with Gasteiger partial charge in [0.1, 0.15) is 17.7 Å². The molecule has 0 amide bonds. The number of benzene rings is 2. The second kappa shape index (κ2) is 12.7. The molecule has 4 N–H and O–H groups in total. The minimum Gasteiger partial charge on any atom is -0.489 e. The fraction of sp³-hybridized carbons (Fsp3) is 0.350. The number of nitrogens with two attached hydrogens (primary N) is 1. The van der Waals surface area contributed by atoms with Crippen molar-refractivity contribution in [3.63, 3.8) is 0 Å². The monoisotopic (exact) mass is 550 g/mol. The molecule has 1 atom stereocenters. The fourth-order valence-corrected chi connectivity index (χ4v) is 3.13. The molecule has 0 aliphatic carbocycles. The van der Waals surface area contributed by atoms with Crippen LogP contribution in [0.25, 0.3) is 0 Å². The number of ether oxygens (including phenoxy) is 1. The molecule has 0 heterocycles. The Morgan fingerprint density at radius 3 is 2.53 bits per heavy atom. The number of guanidine groups is 1. The van der Waals surface area contributed by atoms with Crippen LogP contribution >= 0.6 is 24.0 Å². The molecule has 0 aromatic heterocycles.